The van der Waals surface area contributed by atoms with Crippen molar-refractivity contribution in [2.24, 2.45) is 11.5 Å². The van der Waals surface area contributed by atoms with Crippen LogP contribution in [0.4, 0.5) is 0 Å². The molecule has 0 aliphatic carbocycles. The lowest BCUT2D eigenvalue weighted by Gasteiger charge is -2.37. The zero-order valence-electron chi connectivity index (χ0n) is 11.7. The van der Waals surface area contributed by atoms with Crippen molar-refractivity contribution in [2.45, 2.75) is 40.2 Å². The number of allylic oxidation sites excluding steroid dienone is 3. The summed E-state index contributed by atoms with van der Waals surface area (Å²) >= 11 is 0. The topological polar surface area (TPSA) is 67.3 Å². The largest absolute Gasteiger partial charge is 0.402 e. The number of nitrogens with two attached hydrogens (primary N) is 2. The van der Waals surface area contributed by atoms with Crippen molar-refractivity contribution in [2.75, 3.05) is 19.6 Å². The smallest absolute Gasteiger partial charge is 0.0990 e. The molecule has 0 saturated carbocycles. The zero-order chi connectivity index (χ0) is 13.3. The van der Waals surface area contributed by atoms with Crippen LogP contribution < -0.4 is 16.8 Å². The standard InChI is InChI=1S/C11H22N4.C2H6/c1-3-10-8-14-6-7-15(10)11(13)5-4-9(2)12;1-2/h4-5,10,14H,3,6-8,12-13H2,1-2H3;1-2H3/b9-4-,11-5+;. The van der Waals surface area contributed by atoms with Crippen molar-refractivity contribution in [3.63, 3.8) is 0 Å². The van der Waals surface area contributed by atoms with Gasteiger partial charge in [0.2, 0.25) is 0 Å². The second-order valence-corrected chi connectivity index (χ2v) is 3.96. The average molecular weight is 240 g/mol. The van der Waals surface area contributed by atoms with Crippen LogP contribution in [0, 0.1) is 0 Å². The van der Waals surface area contributed by atoms with E-state index in [9.17, 15) is 0 Å². The van der Waals surface area contributed by atoms with E-state index in [1.165, 1.54) is 0 Å². The number of hydrogen-bond acceptors (Lipinski definition) is 4. The SMILES string of the molecule is CC.CCC1CNCCN1/C(N)=C/C=C(/C)N. The molecular weight excluding hydrogens is 212 g/mol. The summed E-state index contributed by atoms with van der Waals surface area (Å²) < 4.78 is 0. The Morgan fingerprint density at radius 3 is 2.53 bits per heavy atom. The van der Waals surface area contributed by atoms with Crippen LogP contribution in [-0.2, 0) is 0 Å². The van der Waals surface area contributed by atoms with E-state index in [4.69, 9.17) is 11.5 Å². The molecule has 5 N–H and O–H groups in total. The van der Waals surface area contributed by atoms with Crippen LogP contribution in [0.3, 0.4) is 0 Å². The maximum absolute atomic E-state index is 6.02. The van der Waals surface area contributed by atoms with Crippen molar-refractivity contribution in [3.8, 4) is 0 Å². The average Bonchev–Trinajstić information content (AvgIpc) is 2.38. The zero-order valence-corrected chi connectivity index (χ0v) is 11.7. The van der Waals surface area contributed by atoms with Crippen molar-refractivity contribution in [3.05, 3.63) is 23.7 Å². The second kappa shape index (κ2) is 8.93. The maximum Gasteiger partial charge on any atom is 0.0990 e. The number of hydrogen-bond donors (Lipinski definition) is 3. The summed E-state index contributed by atoms with van der Waals surface area (Å²) in [6.07, 6.45) is 4.85. The van der Waals surface area contributed by atoms with Gasteiger partial charge in [-0.2, -0.15) is 0 Å². The van der Waals surface area contributed by atoms with Gasteiger partial charge in [-0.3, -0.25) is 0 Å². The van der Waals surface area contributed by atoms with E-state index in [0.29, 0.717) is 6.04 Å². The van der Waals surface area contributed by atoms with Gasteiger partial charge in [-0.15, -0.1) is 0 Å². The molecule has 0 bridgehead atoms. The molecule has 4 nitrogen and oxygen atoms in total. The Bertz CT molecular complexity index is 254. The highest BCUT2D eigenvalue weighted by Gasteiger charge is 2.20. The molecule has 0 amide bonds. The lowest BCUT2D eigenvalue weighted by Crippen LogP contribution is -2.51. The molecule has 1 heterocycles. The summed E-state index contributed by atoms with van der Waals surface area (Å²) in [6, 6.07) is 0.501. The Hall–Kier alpha value is -1.16. The van der Waals surface area contributed by atoms with Crippen LogP contribution in [0.15, 0.2) is 23.7 Å². The first-order chi connectivity index (χ1) is 8.15. The second-order valence-electron chi connectivity index (χ2n) is 3.96. The summed E-state index contributed by atoms with van der Waals surface area (Å²) in [5.74, 6) is 0.813. The predicted molar refractivity (Wildman–Crippen MR) is 75.2 cm³/mol. The number of nitrogens with zero attached hydrogens (tertiary/aromatic N) is 1. The van der Waals surface area contributed by atoms with Crippen molar-refractivity contribution in [1.82, 2.24) is 10.2 Å². The van der Waals surface area contributed by atoms with Gasteiger partial charge >= 0.3 is 0 Å². The van der Waals surface area contributed by atoms with Gasteiger partial charge in [0.25, 0.3) is 0 Å². The summed E-state index contributed by atoms with van der Waals surface area (Å²) in [7, 11) is 0. The molecule has 0 aromatic heterocycles. The van der Waals surface area contributed by atoms with E-state index < -0.39 is 0 Å². The molecule has 1 saturated heterocycles. The lowest BCUT2D eigenvalue weighted by molar-refractivity contribution is 0.201. The van der Waals surface area contributed by atoms with Crippen molar-refractivity contribution >= 4 is 0 Å². The summed E-state index contributed by atoms with van der Waals surface area (Å²) in [4.78, 5) is 2.25. The third-order valence-electron chi connectivity index (χ3n) is 2.67. The van der Waals surface area contributed by atoms with E-state index in [0.717, 1.165) is 37.6 Å². The minimum absolute atomic E-state index is 0.501. The van der Waals surface area contributed by atoms with Gasteiger partial charge in [-0.1, -0.05) is 20.8 Å². The number of piperazine rings is 1. The Morgan fingerprint density at radius 1 is 1.35 bits per heavy atom. The van der Waals surface area contributed by atoms with E-state index in [2.05, 4.69) is 17.1 Å². The maximum atomic E-state index is 6.02. The molecule has 17 heavy (non-hydrogen) atoms. The Kier molecular flexibility index (Phi) is 8.32. The van der Waals surface area contributed by atoms with Crippen LogP contribution in [0.1, 0.15) is 34.1 Å². The van der Waals surface area contributed by atoms with Gasteiger partial charge in [-0.05, 0) is 25.5 Å². The highest BCUT2D eigenvalue weighted by Crippen LogP contribution is 2.11. The third-order valence-corrected chi connectivity index (χ3v) is 2.67. The van der Waals surface area contributed by atoms with E-state index >= 15 is 0 Å². The quantitative estimate of drug-likeness (QED) is 0.652. The van der Waals surface area contributed by atoms with Crippen molar-refractivity contribution < 1.29 is 0 Å². The fourth-order valence-electron chi connectivity index (χ4n) is 1.78. The van der Waals surface area contributed by atoms with Gasteiger partial charge in [0.05, 0.1) is 5.82 Å². The highest BCUT2D eigenvalue weighted by molar-refractivity contribution is 5.13. The van der Waals surface area contributed by atoms with Gasteiger partial charge in [-0.25, -0.2) is 0 Å². The number of rotatable bonds is 3. The van der Waals surface area contributed by atoms with E-state index in [-0.39, 0.29) is 0 Å². The molecule has 0 spiro atoms. The van der Waals surface area contributed by atoms with Gasteiger partial charge in [0.15, 0.2) is 0 Å². The van der Waals surface area contributed by atoms with Gasteiger partial charge < -0.3 is 21.7 Å². The Balaban J connectivity index is 0.00000121. The normalized spacial score (nSPS) is 21.9. The van der Waals surface area contributed by atoms with Crippen LogP contribution in [0.5, 0.6) is 0 Å². The van der Waals surface area contributed by atoms with Crippen molar-refractivity contribution in [1.29, 1.82) is 0 Å². The fourth-order valence-corrected chi connectivity index (χ4v) is 1.78. The molecule has 1 fully saturated rings. The molecule has 1 aliphatic rings. The number of nitrogens with one attached hydrogen (secondary N) is 1. The minimum atomic E-state index is 0.501. The molecule has 0 aromatic carbocycles. The summed E-state index contributed by atoms with van der Waals surface area (Å²) in [6.45, 7) is 11.0. The molecule has 0 radical (unpaired) electrons. The van der Waals surface area contributed by atoms with E-state index in [1.807, 2.05) is 32.9 Å². The van der Waals surface area contributed by atoms with Crippen LogP contribution >= 0.6 is 0 Å². The molecule has 1 rings (SSSR count). The summed E-state index contributed by atoms with van der Waals surface area (Å²) in [5, 5.41) is 3.37. The first kappa shape index (κ1) is 15.8. The first-order valence-corrected chi connectivity index (χ1v) is 6.52. The van der Waals surface area contributed by atoms with Crippen LogP contribution in [0.2, 0.25) is 0 Å². The highest BCUT2D eigenvalue weighted by atomic mass is 15.3. The first-order valence-electron chi connectivity index (χ1n) is 6.52. The molecule has 1 atom stereocenters. The van der Waals surface area contributed by atoms with Crippen LogP contribution in [-0.4, -0.2) is 30.6 Å². The fraction of sp³-hybridized carbons (Fsp3) is 0.692. The molecule has 100 valence electrons. The van der Waals surface area contributed by atoms with Gasteiger partial charge in [0, 0.05) is 31.4 Å². The monoisotopic (exact) mass is 240 g/mol. The molecule has 1 aliphatic heterocycles. The minimum Gasteiger partial charge on any atom is -0.402 e. The van der Waals surface area contributed by atoms with Gasteiger partial charge in [0.1, 0.15) is 0 Å². The predicted octanol–water partition coefficient (Wildman–Crippen LogP) is 1.36. The summed E-state index contributed by atoms with van der Waals surface area (Å²) in [5.41, 5.74) is 12.4. The lowest BCUT2D eigenvalue weighted by atomic mass is 10.1. The molecular formula is C13H28N4. The third kappa shape index (κ3) is 5.63. The molecule has 1 unspecified atom stereocenters. The van der Waals surface area contributed by atoms with E-state index in [1.54, 1.807) is 0 Å². The Morgan fingerprint density at radius 2 is 2.00 bits per heavy atom. The molecule has 4 heteroatoms. The Labute approximate surface area is 106 Å². The van der Waals surface area contributed by atoms with Crippen LogP contribution in [0.25, 0.3) is 0 Å². The molecule has 0 aromatic rings.